The maximum absolute atomic E-state index is 12.4. The molecule has 7 heteroatoms. The van der Waals surface area contributed by atoms with Crippen molar-refractivity contribution in [3.8, 4) is 0 Å². The number of amides is 2. The number of aryl methyl sites for hydroxylation is 2. The van der Waals surface area contributed by atoms with Crippen LogP contribution in [0.3, 0.4) is 0 Å². The third-order valence-electron chi connectivity index (χ3n) is 3.42. The molecule has 1 N–H and O–H groups in total. The number of rotatable bonds is 7. The molecule has 2 amide bonds. The Kier molecular flexibility index (Phi) is 5.94. The van der Waals surface area contributed by atoms with Crippen molar-refractivity contribution in [2.45, 2.75) is 33.1 Å². The highest BCUT2D eigenvalue weighted by Crippen LogP contribution is 2.12. The smallest absolute Gasteiger partial charge is 0.323 e. The van der Waals surface area contributed by atoms with Crippen LogP contribution in [-0.2, 0) is 19.9 Å². The fourth-order valence-corrected chi connectivity index (χ4v) is 2.83. The van der Waals surface area contributed by atoms with Gasteiger partial charge in [-0.3, -0.25) is 10.00 Å². The number of hydrogen-bond donors (Lipinski definition) is 1. The van der Waals surface area contributed by atoms with E-state index in [-0.39, 0.29) is 6.03 Å². The molecule has 0 aliphatic heterocycles. The minimum atomic E-state index is -0.0925. The summed E-state index contributed by atoms with van der Waals surface area (Å²) in [6.45, 7) is 5.42. The van der Waals surface area contributed by atoms with Crippen molar-refractivity contribution < 1.29 is 4.79 Å². The normalized spacial score (nSPS) is 10.7. The molecule has 0 unspecified atom stereocenters. The maximum atomic E-state index is 12.4. The number of thiazole rings is 1. The van der Waals surface area contributed by atoms with Gasteiger partial charge in [-0.25, -0.2) is 9.78 Å². The zero-order chi connectivity index (χ0) is 15.9. The van der Waals surface area contributed by atoms with Gasteiger partial charge in [0.2, 0.25) is 0 Å². The zero-order valence-corrected chi connectivity index (χ0v) is 14.2. The highest BCUT2D eigenvalue weighted by atomic mass is 32.1. The van der Waals surface area contributed by atoms with Crippen LogP contribution in [0.15, 0.2) is 17.6 Å². The molecule has 120 valence electrons. The Labute approximate surface area is 135 Å². The molecule has 0 saturated carbocycles. The molecule has 2 aromatic rings. The van der Waals surface area contributed by atoms with Gasteiger partial charge < -0.3 is 4.90 Å². The van der Waals surface area contributed by atoms with E-state index in [0.717, 1.165) is 35.8 Å². The first kappa shape index (κ1) is 16.5. The average Bonchev–Trinajstić information content (AvgIpc) is 3.11. The molecule has 0 saturated heterocycles. The van der Waals surface area contributed by atoms with E-state index in [1.54, 1.807) is 27.1 Å². The van der Waals surface area contributed by atoms with E-state index < -0.39 is 0 Å². The van der Waals surface area contributed by atoms with Gasteiger partial charge in [-0.05, 0) is 13.3 Å². The minimum Gasteiger partial charge on any atom is -0.324 e. The summed E-state index contributed by atoms with van der Waals surface area (Å²) in [5, 5.41) is 10.3. The van der Waals surface area contributed by atoms with Crippen LogP contribution in [0.2, 0.25) is 0 Å². The summed E-state index contributed by atoms with van der Waals surface area (Å²) in [6, 6.07) is 1.85. The Morgan fingerprint density at radius 1 is 1.41 bits per heavy atom. The molecule has 6 nitrogen and oxygen atoms in total. The van der Waals surface area contributed by atoms with Crippen LogP contribution < -0.4 is 5.32 Å². The van der Waals surface area contributed by atoms with Gasteiger partial charge in [0.1, 0.15) is 5.82 Å². The molecule has 0 bridgehead atoms. The second kappa shape index (κ2) is 7.93. The Hall–Kier alpha value is -1.89. The van der Waals surface area contributed by atoms with Gasteiger partial charge in [0.05, 0.1) is 10.7 Å². The van der Waals surface area contributed by atoms with Crippen molar-refractivity contribution in [2.75, 3.05) is 18.4 Å². The summed E-state index contributed by atoms with van der Waals surface area (Å²) in [4.78, 5) is 18.4. The summed E-state index contributed by atoms with van der Waals surface area (Å²) >= 11 is 1.62. The van der Waals surface area contributed by atoms with Crippen molar-refractivity contribution >= 4 is 23.2 Å². The molecule has 2 heterocycles. The molecule has 0 spiro atoms. The monoisotopic (exact) mass is 321 g/mol. The maximum Gasteiger partial charge on any atom is 0.323 e. The van der Waals surface area contributed by atoms with E-state index >= 15 is 0 Å². The van der Waals surface area contributed by atoms with E-state index in [9.17, 15) is 4.79 Å². The van der Waals surface area contributed by atoms with Crippen LogP contribution >= 0.6 is 11.3 Å². The SMILES string of the molecule is CCCc1cc(NC(=O)N(CC)CCc2nccs2)n(C)n1. The van der Waals surface area contributed by atoms with Crippen LogP contribution in [-0.4, -0.2) is 38.8 Å². The Morgan fingerprint density at radius 3 is 2.86 bits per heavy atom. The van der Waals surface area contributed by atoms with E-state index in [2.05, 4.69) is 22.3 Å². The molecule has 0 aliphatic carbocycles. The number of hydrogen-bond acceptors (Lipinski definition) is 4. The zero-order valence-electron chi connectivity index (χ0n) is 13.4. The predicted octanol–water partition coefficient (Wildman–Crippen LogP) is 2.93. The topological polar surface area (TPSA) is 63.1 Å². The first-order chi connectivity index (χ1) is 10.6. The number of carbonyl (C=O) groups is 1. The Bertz CT molecular complexity index is 593. The predicted molar refractivity (Wildman–Crippen MR) is 89.3 cm³/mol. The number of urea groups is 1. The number of aromatic nitrogens is 3. The largest absolute Gasteiger partial charge is 0.324 e. The highest BCUT2D eigenvalue weighted by Gasteiger charge is 2.14. The molecule has 0 aromatic carbocycles. The molecule has 0 radical (unpaired) electrons. The van der Waals surface area contributed by atoms with E-state index in [1.807, 2.05) is 25.4 Å². The molecule has 0 atom stereocenters. The van der Waals surface area contributed by atoms with Crippen molar-refractivity contribution in [3.63, 3.8) is 0 Å². The standard InChI is InChI=1S/C15H23N5OS/c1-4-6-12-11-13(19(3)18-12)17-15(21)20(5-2)9-7-14-16-8-10-22-14/h8,10-11H,4-7,9H2,1-3H3,(H,17,21). The fraction of sp³-hybridized carbons (Fsp3) is 0.533. The lowest BCUT2D eigenvalue weighted by Crippen LogP contribution is -2.36. The molecule has 0 aliphatic rings. The fourth-order valence-electron chi connectivity index (χ4n) is 2.22. The molecular formula is C15H23N5OS. The Balaban J connectivity index is 1.93. The average molecular weight is 321 g/mol. The lowest BCUT2D eigenvalue weighted by molar-refractivity contribution is 0.215. The number of nitrogens with one attached hydrogen (secondary N) is 1. The summed E-state index contributed by atoms with van der Waals surface area (Å²) in [5.74, 6) is 0.737. The lowest BCUT2D eigenvalue weighted by Gasteiger charge is -2.20. The minimum absolute atomic E-state index is 0.0925. The third-order valence-corrected chi connectivity index (χ3v) is 4.26. The van der Waals surface area contributed by atoms with Crippen molar-refractivity contribution in [1.29, 1.82) is 0 Å². The quantitative estimate of drug-likeness (QED) is 0.853. The van der Waals surface area contributed by atoms with Crippen molar-refractivity contribution in [2.24, 2.45) is 7.05 Å². The summed E-state index contributed by atoms with van der Waals surface area (Å²) in [7, 11) is 1.85. The summed E-state index contributed by atoms with van der Waals surface area (Å²) < 4.78 is 1.72. The lowest BCUT2D eigenvalue weighted by atomic mass is 10.2. The van der Waals surface area contributed by atoms with Crippen LogP contribution in [0, 0.1) is 0 Å². The van der Waals surface area contributed by atoms with E-state index in [0.29, 0.717) is 13.1 Å². The van der Waals surface area contributed by atoms with Gasteiger partial charge in [-0.2, -0.15) is 5.10 Å². The number of likely N-dealkylation sites (N-methyl/N-ethyl adjacent to an activating group) is 1. The number of carbonyl (C=O) groups excluding carboxylic acids is 1. The second-order valence-electron chi connectivity index (χ2n) is 5.08. The first-order valence-corrected chi connectivity index (χ1v) is 8.49. The molecule has 2 rings (SSSR count). The van der Waals surface area contributed by atoms with Crippen LogP contribution in [0.4, 0.5) is 10.6 Å². The molecular weight excluding hydrogens is 298 g/mol. The van der Waals surface area contributed by atoms with Gasteiger partial charge in [0, 0.05) is 44.2 Å². The first-order valence-electron chi connectivity index (χ1n) is 7.61. The molecule has 22 heavy (non-hydrogen) atoms. The van der Waals surface area contributed by atoms with E-state index in [4.69, 9.17) is 0 Å². The van der Waals surface area contributed by atoms with Crippen molar-refractivity contribution in [3.05, 3.63) is 28.3 Å². The highest BCUT2D eigenvalue weighted by molar-refractivity contribution is 7.09. The van der Waals surface area contributed by atoms with E-state index in [1.165, 1.54) is 0 Å². The van der Waals surface area contributed by atoms with Crippen LogP contribution in [0.5, 0.6) is 0 Å². The van der Waals surface area contributed by atoms with Gasteiger partial charge in [0.15, 0.2) is 0 Å². The van der Waals surface area contributed by atoms with Crippen LogP contribution in [0.1, 0.15) is 31.0 Å². The second-order valence-corrected chi connectivity index (χ2v) is 6.06. The van der Waals surface area contributed by atoms with Gasteiger partial charge >= 0.3 is 6.03 Å². The van der Waals surface area contributed by atoms with Gasteiger partial charge in [-0.1, -0.05) is 13.3 Å². The summed E-state index contributed by atoms with van der Waals surface area (Å²) in [6.07, 6.45) is 4.54. The third kappa shape index (κ3) is 4.30. The molecule has 0 fully saturated rings. The van der Waals surface area contributed by atoms with Gasteiger partial charge in [0.25, 0.3) is 0 Å². The Morgan fingerprint density at radius 2 is 2.23 bits per heavy atom. The van der Waals surface area contributed by atoms with Gasteiger partial charge in [-0.15, -0.1) is 11.3 Å². The summed E-state index contributed by atoms with van der Waals surface area (Å²) in [5.41, 5.74) is 1.01. The number of anilines is 1. The molecule has 2 aromatic heterocycles. The van der Waals surface area contributed by atoms with Crippen LogP contribution in [0.25, 0.3) is 0 Å². The number of nitrogens with zero attached hydrogens (tertiary/aromatic N) is 4. The van der Waals surface area contributed by atoms with Crippen molar-refractivity contribution in [1.82, 2.24) is 19.7 Å².